The van der Waals surface area contributed by atoms with Crippen LogP contribution < -0.4 is 0 Å². The van der Waals surface area contributed by atoms with Crippen molar-refractivity contribution in [3.8, 4) is 0 Å². The first-order chi connectivity index (χ1) is 5.70. The van der Waals surface area contributed by atoms with Crippen LogP contribution >= 0.6 is 0 Å². The Balaban J connectivity index is 3.46. The zero-order chi connectivity index (χ0) is 9.40. The van der Waals surface area contributed by atoms with Gasteiger partial charge in [0.05, 0.1) is 6.10 Å². The van der Waals surface area contributed by atoms with Crippen LogP contribution in [-0.2, 0) is 4.79 Å². The van der Waals surface area contributed by atoms with Crippen LogP contribution in [0.15, 0.2) is 0 Å². The highest BCUT2D eigenvalue weighted by Crippen LogP contribution is 2.13. The molecule has 2 heteroatoms. The third kappa shape index (κ3) is 6.35. The summed E-state index contributed by atoms with van der Waals surface area (Å²) in [7, 11) is 0. The Morgan fingerprint density at radius 2 is 2.00 bits per heavy atom. The molecule has 0 aromatic rings. The first-order valence-electron chi connectivity index (χ1n) is 4.84. The summed E-state index contributed by atoms with van der Waals surface area (Å²) in [5, 5.41) is 9.01. The maximum absolute atomic E-state index is 10.5. The molecule has 0 spiro atoms. The minimum Gasteiger partial charge on any atom is -0.393 e. The van der Waals surface area contributed by atoms with Crippen LogP contribution in [0.5, 0.6) is 0 Å². The van der Waals surface area contributed by atoms with E-state index in [0.29, 0.717) is 0 Å². The standard InChI is InChI=1S/C10H20O2/c1-3-4-5-10(8-11)7-6-9(2)12/h8-10,12H,3-7H2,1-2H3. The Hall–Kier alpha value is -0.370. The first kappa shape index (κ1) is 11.6. The second kappa shape index (κ2) is 7.29. The molecule has 0 fully saturated rings. The fourth-order valence-electron chi connectivity index (χ4n) is 1.20. The molecule has 2 unspecified atom stereocenters. The van der Waals surface area contributed by atoms with Gasteiger partial charge in [-0.2, -0.15) is 0 Å². The number of aliphatic hydroxyl groups excluding tert-OH is 1. The average molecular weight is 172 g/mol. The molecule has 0 aliphatic rings. The highest BCUT2D eigenvalue weighted by atomic mass is 16.3. The van der Waals surface area contributed by atoms with Gasteiger partial charge in [0.1, 0.15) is 6.29 Å². The van der Waals surface area contributed by atoms with Gasteiger partial charge in [-0.15, -0.1) is 0 Å². The summed E-state index contributed by atoms with van der Waals surface area (Å²) in [5.74, 6) is 0.166. The fourth-order valence-corrected chi connectivity index (χ4v) is 1.20. The Bertz CT molecular complexity index is 110. The van der Waals surface area contributed by atoms with Crippen LogP contribution in [0.4, 0.5) is 0 Å². The molecule has 0 aliphatic carbocycles. The zero-order valence-electron chi connectivity index (χ0n) is 8.12. The monoisotopic (exact) mass is 172 g/mol. The summed E-state index contributed by atoms with van der Waals surface area (Å²) in [5.41, 5.74) is 0. The second-order valence-corrected chi connectivity index (χ2v) is 3.46. The lowest BCUT2D eigenvalue weighted by molar-refractivity contribution is -0.111. The van der Waals surface area contributed by atoms with Crippen molar-refractivity contribution in [1.29, 1.82) is 0 Å². The average Bonchev–Trinajstić information content (AvgIpc) is 2.05. The van der Waals surface area contributed by atoms with Crippen molar-refractivity contribution in [2.45, 2.75) is 52.1 Å². The number of aldehydes is 1. The maximum Gasteiger partial charge on any atom is 0.123 e. The van der Waals surface area contributed by atoms with Crippen molar-refractivity contribution in [2.75, 3.05) is 0 Å². The quantitative estimate of drug-likeness (QED) is 0.597. The van der Waals surface area contributed by atoms with Crippen molar-refractivity contribution < 1.29 is 9.90 Å². The third-order valence-electron chi connectivity index (χ3n) is 2.08. The van der Waals surface area contributed by atoms with Gasteiger partial charge in [0.15, 0.2) is 0 Å². The van der Waals surface area contributed by atoms with Crippen molar-refractivity contribution >= 4 is 6.29 Å². The topological polar surface area (TPSA) is 37.3 Å². The molecule has 72 valence electrons. The molecule has 1 N–H and O–H groups in total. The molecule has 0 aliphatic heterocycles. The van der Waals surface area contributed by atoms with Crippen molar-refractivity contribution in [3.63, 3.8) is 0 Å². The molecule has 2 nitrogen and oxygen atoms in total. The smallest absolute Gasteiger partial charge is 0.123 e. The molecular formula is C10H20O2. The van der Waals surface area contributed by atoms with Crippen LogP contribution in [0.3, 0.4) is 0 Å². The second-order valence-electron chi connectivity index (χ2n) is 3.46. The number of hydrogen-bond acceptors (Lipinski definition) is 2. The number of rotatable bonds is 7. The van der Waals surface area contributed by atoms with Gasteiger partial charge in [-0.25, -0.2) is 0 Å². The third-order valence-corrected chi connectivity index (χ3v) is 2.08. The SMILES string of the molecule is CCCCC(C=O)CCC(C)O. The molecule has 0 rings (SSSR count). The molecule has 0 heterocycles. The maximum atomic E-state index is 10.5. The van der Waals surface area contributed by atoms with E-state index in [9.17, 15) is 4.79 Å². The van der Waals surface area contributed by atoms with E-state index in [1.54, 1.807) is 6.92 Å². The van der Waals surface area contributed by atoms with Crippen LogP contribution in [-0.4, -0.2) is 17.5 Å². The Labute approximate surface area is 75.0 Å². The number of hydrogen-bond donors (Lipinski definition) is 1. The van der Waals surface area contributed by atoms with Gasteiger partial charge in [-0.1, -0.05) is 19.8 Å². The predicted molar refractivity (Wildman–Crippen MR) is 50.0 cm³/mol. The van der Waals surface area contributed by atoms with Crippen molar-refractivity contribution in [3.05, 3.63) is 0 Å². The normalized spacial score (nSPS) is 15.6. The van der Waals surface area contributed by atoms with Gasteiger partial charge >= 0.3 is 0 Å². The van der Waals surface area contributed by atoms with Crippen LogP contribution in [0.1, 0.15) is 46.0 Å². The summed E-state index contributed by atoms with van der Waals surface area (Å²) in [6.45, 7) is 3.89. The van der Waals surface area contributed by atoms with E-state index in [2.05, 4.69) is 6.92 Å². The van der Waals surface area contributed by atoms with Gasteiger partial charge in [0, 0.05) is 5.92 Å². The molecule has 0 saturated carbocycles. The number of unbranched alkanes of at least 4 members (excludes halogenated alkanes) is 1. The lowest BCUT2D eigenvalue weighted by Crippen LogP contribution is -2.07. The Kier molecular flexibility index (Phi) is 7.06. The van der Waals surface area contributed by atoms with Gasteiger partial charge in [0.25, 0.3) is 0 Å². The minimum absolute atomic E-state index is 0.166. The molecule has 0 radical (unpaired) electrons. The molecule has 0 saturated heterocycles. The molecule has 0 aromatic carbocycles. The Morgan fingerprint density at radius 3 is 2.42 bits per heavy atom. The summed E-state index contributed by atoms with van der Waals surface area (Å²) in [4.78, 5) is 10.5. The van der Waals surface area contributed by atoms with Gasteiger partial charge in [-0.05, 0) is 26.2 Å². The summed E-state index contributed by atoms with van der Waals surface area (Å²) >= 11 is 0. The lowest BCUT2D eigenvalue weighted by Gasteiger charge is -2.10. The minimum atomic E-state index is -0.269. The summed E-state index contributed by atoms with van der Waals surface area (Å²) in [6.07, 6.45) is 5.57. The first-order valence-corrected chi connectivity index (χ1v) is 4.84. The van der Waals surface area contributed by atoms with Gasteiger partial charge in [0.2, 0.25) is 0 Å². The zero-order valence-corrected chi connectivity index (χ0v) is 8.12. The van der Waals surface area contributed by atoms with Crippen molar-refractivity contribution in [1.82, 2.24) is 0 Å². The van der Waals surface area contributed by atoms with Crippen LogP contribution in [0, 0.1) is 5.92 Å². The summed E-state index contributed by atoms with van der Waals surface area (Å²) in [6, 6.07) is 0. The molecule has 0 aromatic heterocycles. The Morgan fingerprint density at radius 1 is 1.33 bits per heavy atom. The van der Waals surface area contributed by atoms with Gasteiger partial charge in [-0.3, -0.25) is 0 Å². The van der Waals surface area contributed by atoms with Crippen LogP contribution in [0.2, 0.25) is 0 Å². The van der Waals surface area contributed by atoms with E-state index in [-0.39, 0.29) is 12.0 Å². The van der Waals surface area contributed by atoms with E-state index < -0.39 is 0 Å². The highest BCUT2D eigenvalue weighted by molar-refractivity contribution is 5.53. The molecular weight excluding hydrogens is 152 g/mol. The van der Waals surface area contributed by atoms with Crippen molar-refractivity contribution in [2.24, 2.45) is 5.92 Å². The lowest BCUT2D eigenvalue weighted by atomic mass is 9.97. The van der Waals surface area contributed by atoms with E-state index in [1.165, 1.54) is 0 Å². The van der Waals surface area contributed by atoms with Gasteiger partial charge < -0.3 is 9.90 Å². The van der Waals surface area contributed by atoms with E-state index in [0.717, 1.165) is 38.4 Å². The predicted octanol–water partition coefficient (Wildman–Crippen LogP) is 2.15. The molecule has 12 heavy (non-hydrogen) atoms. The largest absolute Gasteiger partial charge is 0.393 e. The molecule has 2 atom stereocenters. The van der Waals surface area contributed by atoms with E-state index in [4.69, 9.17) is 5.11 Å². The van der Waals surface area contributed by atoms with Crippen LogP contribution in [0.25, 0.3) is 0 Å². The number of carbonyl (C=O) groups excluding carboxylic acids is 1. The molecule has 0 bridgehead atoms. The molecule has 0 amide bonds. The number of aliphatic hydroxyl groups is 1. The number of carbonyl (C=O) groups is 1. The van der Waals surface area contributed by atoms with E-state index >= 15 is 0 Å². The van der Waals surface area contributed by atoms with E-state index in [1.807, 2.05) is 0 Å². The summed E-state index contributed by atoms with van der Waals surface area (Å²) < 4.78 is 0. The highest BCUT2D eigenvalue weighted by Gasteiger charge is 2.07. The fraction of sp³-hybridized carbons (Fsp3) is 0.900.